The fraction of sp³-hybridized carbons (Fsp3) is 0.160. The van der Waals surface area contributed by atoms with E-state index in [0.717, 1.165) is 31.8 Å². The second-order valence-electron chi connectivity index (χ2n) is 7.10. The molecule has 0 spiro atoms. The Kier molecular flexibility index (Phi) is 7.47. The van der Waals surface area contributed by atoms with Gasteiger partial charge in [-0.25, -0.2) is 9.48 Å². The number of carbonyl (C=O) groups excluding carboxylic acids is 1. The van der Waals surface area contributed by atoms with Gasteiger partial charge in [0.1, 0.15) is 10.8 Å². The summed E-state index contributed by atoms with van der Waals surface area (Å²) in [4.78, 5) is 13.5. The number of nitrogens with zero attached hydrogens (tertiary/aromatic N) is 3. The Morgan fingerprint density at radius 2 is 1.61 bits per heavy atom. The molecule has 0 N–H and O–H groups in total. The van der Waals surface area contributed by atoms with Crippen LogP contribution in [0.5, 0.6) is 5.75 Å². The number of carbonyl (C=O) groups is 1. The van der Waals surface area contributed by atoms with Crippen molar-refractivity contribution in [1.29, 1.82) is 0 Å². The lowest BCUT2D eigenvalue weighted by atomic mass is 10.1. The molecule has 33 heavy (non-hydrogen) atoms. The minimum absolute atomic E-state index is 0.215. The predicted molar refractivity (Wildman–Crippen MR) is 132 cm³/mol. The highest BCUT2D eigenvalue weighted by atomic mass is 79.9. The third-order valence-electron chi connectivity index (χ3n) is 4.90. The normalized spacial score (nSPS) is 10.8. The van der Waals surface area contributed by atoms with Crippen LogP contribution in [0, 0.1) is 0 Å². The van der Waals surface area contributed by atoms with Crippen molar-refractivity contribution in [2.24, 2.45) is 0 Å². The van der Waals surface area contributed by atoms with Gasteiger partial charge in [-0.05, 0) is 60.0 Å². The summed E-state index contributed by atoms with van der Waals surface area (Å²) in [5.41, 5.74) is 3.48. The Morgan fingerprint density at radius 3 is 2.21 bits per heavy atom. The summed E-state index contributed by atoms with van der Waals surface area (Å²) in [6, 6.07) is 24.1. The molecule has 4 rings (SSSR count). The van der Waals surface area contributed by atoms with Crippen molar-refractivity contribution in [3.8, 4) is 16.9 Å². The summed E-state index contributed by atoms with van der Waals surface area (Å²) < 4.78 is 13.2. The lowest BCUT2D eigenvalue weighted by Crippen LogP contribution is -2.08. The molecular weight excluding hydrogens is 502 g/mol. The van der Waals surface area contributed by atoms with Crippen LogP contribution in [0.3, 0.4) is 0 Å². The van der Waals surface area contributed by atoms with Crippen LogP contribution in [0.2, 0.25) is 0 Å². The highest BCUT2D eigenvalue weighted by molar-refractivity contribution is 9.10. The van der Waals surface area contributed by atoms with E-state index in [0.29, 0.717) is 11.6 Å². The van der Waals surface area contributed by atoms with Gasteiger partial charge in [0.25, 0.3) is 0 Å². The number of esters is 1. The number of halogens is 1. The van der Waals surface area contributed by atoms with E-state index in [1.807, 2.05) is 48.5 Å². The van der Waals surface area contributed by atoms with Crippen LogP contribution in [-0.2, 0) is 11.3 Å². The van der Waals surface area contributed by atoms with Gasteiger partial charge in [-0.1, -0.05) is 69.3 Å². The first kappa shape index (κ1) is 23.1. The van der Waals surface area contributed by atoms with Crippen molar-refractivity contribution in [3.05, 3.63) is 88.5 Å². The second-order valence-corrected chi connectivity index (χ2v) is 9.08. The topological polar surface area (TPSA) is 66.2 Å². The molecule has 0 unspecified atom stereocenters. The van der Waals surface area contributed by atoms with Gasteiger partial charge in [-0.15, -0.1) is 5.10 Å². The smallest absolute Gasteiger partial charge is 0.361 e. The van der Waals surface area contributed by atoms with Crippen LogP contribution >= 0.6 is 27.7 Å². The third kappa shape index (κ3) is 5.64. The first-order valence-electron chi connectivity index (χ1n) is 10.3. The molecule has 0 saturated heterocycles. The SMILES string of the molecule is CCOC(=O)c1nnn(Cc2ccc(OC)cc2)c1Sc1ccc(-c2ccc(Br)cc2)cc1. The summed E-state index contributed by atoms with van der Waals surface area (Å²) in [6.07, 6.45) is 0. The van der Waals surface area contributed by atoms with E-state index in [1.54, 1.807) is 18.7 Å². The number of aromatic nitrogens is 3. The zero-order chi connectivity index (χ0) is 23.2. The molecule has 0 aliphatic rings. The van der Waals surface area contributed by atoms with Crippen LogP contribution in [0.15, 0.2) is 87.2 Å². The number of rotatable bonds is 8. The van der Waals surface area contributed by atoms with Crippen LogP contribution in [-0.4, -0.2) is 34.7 Å². The third-order valence-corrected chi connectivity index (χ3v) is 6.53. The van der Waals surface area contributed by atoms with Crippen LogP contribution in [0.1, 0.15) is 23.0 Å². The van der Waals surface area contributed by atoms with Crippen LogP contribution in [0.4, 0.5) is 0 Å². The van der Waals surface area contributed by atoms with Crippen molar-refractivity contribution in [2.75, 3.05) is 13.7 Å². The average Bonchev–Trinajstić information content (AvgIpc) is 3.23. The van der Waals surface area contributed by atoms with Gasteiger partial charge in [0.2, 0.25) is 5.69 Å². The zero-order valence-electron chi connectivity index (χ0n) is 18.2. The van der Waals surface area contributed by atoms with Crippen LogP contribution in [0.25, 0.3) is 11.1 Å². The number of hydrogen-bond donors (Lipinski definition) is 0. The second kappa shape index (κ2) is 10.7. The number of hydrogen-bond acceptors (Lipinski definition) is 6. The Morgan fingerprint density at radius 1 is 0.970 bits per heavy atom. The maximum atomic E-state index is 12.5. The number of methoxy groups -OCH3 is 1. The first-order chi connectivity index (χ1) is 16.1. The summed E-state index contributed by atoms with van der Waals surface area (Å²) in [5.74, 6) is 0.303. The van der Waals surface area contributed by atoms with Crippen molar-refractivity contribution in [2.45, 2.75) is 23.4 Å². The van der Waals surface area contributed by atoms with E-state index in [9.17, 15) is 4.79 Å². The maximum Gasteiger partial charge on any atom is 0.361 e. The molecule has 1 aromatic heterocycles. The fourth-order valence-corrected chi connectivity index (χ4v) is 4.40. The Labute approximate surface area is 205 Å². The molecule has 0 fully saturated rings. The van der Waals surface area contributed by atoms with Crippen molar-refractivity contribution in [1.82, 2.24) is 15.0 Å². The van der Waals surface area contributed by atoms with E-state index >= 15 is 0 Å². The van der Waals surface area contributed by atoms with Gasteiger partial charge in [-0.2, -0.15) is 0 Å². The first-order valence-corrected chi connectivity index (χ1v) is 12.0. The van der Waals surface area contributed by atoms with Crippen molar-refractivity contribution in [3.63, 3.8) is 0 Å². The minimum atomic E-state index is -0.479. The molecule has 1 heterocycles. The van der Waals surface area contributed by atoms with Gasteiger partial charge in [0.05, 0.1) is 20.3 Å². The van der Waals surface area contributed by atoms with E-state index in [-0.39, 0.29) is 12.3 Å². The maximum absolute atomic E-state index is 12.5. The minimum Gasteiger partial charge on any atom is -0.497 e. The molecule has 0 radical (unpaired) electrons. The molecule has 0 bridgehead atoms. The zero-order valence-corrected chi connectivity index (χ0v) is 20.6. The highest BCUT2D eigenvalue weighted by Crippen LogP contribution is 2.32. The fourth-order valence-electron chi connectivity index (χ4n) is 3.21. The molecule has 6 nitrogen and oxygen atoms in total. The molecule has 4 aromatic rings. The monoisotopic (exact) mass is 523 g/mol. The molecule has 168 valence electrons. The van der Waals surface area contributed by atoms with Gasteiger partial charge in [0.15, 0.2) is 0 Å². The van der Waals surface area contributed by atoms with E-state index < -0.39 is 5.97 Å². The van der Waals surface area contributed by atoms with E-state index in [2.05, 4.69) is 50.5 Å². The van der Waals surface area contributed by atoms with E-state index in [4.69, 9.17) is 9.47 Å². The molecule has 8 heteroatoms. The lowest BCUT2D eigenvalue weighted by molar-refractivity contribution is 0.0515. The highest BCUT2D eigenvalue weighted by Gasteiger charge is 2.22. The molecule has 0 amide bonds. The summed E-state index contributed by atoms with van der Waals surface area (Å²) in [7, 11) is 1.63. The van der Waals surface area contributed by atoms with Gasteiger partial charge in [0, 0.05) is 9.37 Å². The van der Waals surface area contributed by atoms with Gasteiger partial charge >= 0.3 is 5.97 Å². The molecule has 0 aliphatic carbocycles. The molecule has 0 atom stereocenters. The standard InChI is InChI=1S/C25H22BrN3O3S/c1-3-32-25(30)23-24(29(28-27-23)16-17-4-12-21(31-2)13-5-17)33-22-14-8-19(9-15-22)18-6-10-20(26)11-7-18/h4-15H,3,16H2,1-2H3. The molecule has 3 aromatic carbocycles. The average molecular weight is 524 g/mol. The molecular formula is C25H22BrN3O3S. The summed E-state index contributed by atoms with van der Waals surface area (Å²) >= 11 is 4.91. The largest absolute Gasteiger partial charge is 0.497 e. The Bertz CT molecular complexity index is 1220. The molecule has 0 saturated carbocycles. The van der Waals surface area contributed by atoms with Crippen molar-refractivity contribution < 1.29 is 14.3 Å². The Balaban J connectivity index is 1.60. The lowest BCUT2D eigenvalue weighted by Gasteiger charge is -2.09. The Hall–Kier alpha value is -3.10. The predicted octanol–water partition coefficient (Wildman–Crippen LogP) is 6.09. The van der Waals surface area contributed by atoms with E-state index in [1.165, 1.54) is 11.8 Å². The number of ether oxygens (including phenoxy) is 2. The van der Waals surface area contributed by atoms with Crippen LogP contribution < -0.4 is 4.74 Å². The van der Waals surface area contributed by atoms with Gasteiger partial charge in [-0.3, -0.25) is 0 Å². The van der Waals surface area contributed by atoms with Gasteiger partial charge < -0.3 is 9.47 Å². The quantitative estimate of drug-likeness (QED) is 0.260. The molecule has 0 aliphatic heterocycles. The number of benzene rings is 3. The summed E-state index contributed by atoms with van der Waals surface area (Å²) in [6.45, 7) is 2.51. The van der Waals surface area contributed by atoms with Crippen molar-refractivity contribution >= 4 is 33.7 Å². The summed E-state index contributed by atoms with van der Waals surface area (Å²) in [5, 5.41) is 9.00.